The number of aliphatic hydroxyl groups is 1. The molecular weight excluding hydrogens is 582 g/mol. The Balaban J connectivity index is 1.45. The predicted molar refractivity (Wildman–Crippen MR) is 163 cm³/mol. The molecule has 250 valence electrons. The number of ketones is 1. The second kappa shape index (κ2) is 15.1. The van der Waals surface area contributed by atoms with Crippen LogP contribution in [0.5, 0.6) is 0 Å². The van der Waals surface area contributed by atoms with Gasteiger partial charge in [-0.25, -0.2) is 9.48 Å². The van der Waals surface area contributed by atoms with Gasteiger partial charge in [0.15, 0.2) is 0 Å². The third kappa shape index (κ3) is 9.45. The van der Waals surface area contributed by atoms with Gasteiger partial charge >= 0.3 is 6.03 Å². The normalized spacial score (nSPS) is 22.0. The lowest BCUT2D eigenvalue weighted by Crippen LogP contribution is -2.55. The molecule has 2 aliphatic carbocycles. The average molecular weight is 632 g/mol. The largest absolute Gasteiger partial charge is 0.384 e. The number of likely N-dealkylation sites (tertiary alicyclic amines) is 1. The standard InChI is InChI=1S/C30H49N9O6/c1-30(2,45)24-16-34-37-39(24)20-15-23(38(17-20)28(43)21(31)14-18-8-4-3-5-9-18)27(42)36-22(25(40)26(32)41)10-6-7-13-33-29(44)35-19-11-12-19/h16,18-23,45H,3-15,17,31H2,1-2H3,(H2,32,41)(H,36,42)(H2,33,35,44)/t20-,21?,22?,23-/m0/s1. The topological polar surface area (TPSA) is 228 Å². The third-order valence-electron chi connectivity index (χ3n) is 9.04. The van der Waals surface area contributed by atoms with Gasteiger partial charge in [-0.15, -0.1) is 5.10 Å². The molecule has 1 aromatic rings. The number of nitrogens with one attached hydrogen (secondary N) is 3. The summed E-state index contributed by atoms with van der Waals surface area (Å²) in [6.07, 6.45) is 10.5. The van der Waals surface area contributed by atoms with Crippen LogP contribution >= 0.6 is 0 Å². The maximum atomic E-state index is 13.8. The van der Waals surface area contributed by atoms with Crippen LogP contribution in [0.4, 0.5) is 4.79 Å². The lowest BCUT2D eigenvalue weighted by Gasteiger charge is -2.30. The zero-order chi connectivity index (χ0) is 32.7. The molecule has 2 heterocycles. The van der Waals surface area contributed by atoms with E-state index in [2.05, 4.69) is 26.3 Å². The van der Waals surface area contributed by atoms with Crippen molar-refractivity contribution in [2.24, 2.45) is 17.4 Å². The van der Waals surface area contributed by atoms with E-state index in [1.807, 2.05) is 0 Å². The number of amides is 5. The summed E-state index contributed by atoms with van der Waals surface area (Å²) in [5.41, 5.74) is 10.9. The van der Waals surface area contributed by atoms with E-state index in [4.69, 9.17) is 11.5 Å². The fourth-order valence-corrected chi connectivity index (χ4v) is 6.38. The van der Waals surface area contributed by atoms with E-state index in [-0.39, 0.29) is 37.4 Å². The summed E-state index contributed by atoms with van der Waals surface area (Å²) in [7, 11) is 0. The van der Waals surface area contributed by atoms with Gasteiger partial charge in [0.05, 0.1) is 30.0 Å². The maximum Gasteiger partial charge on any atom is 0.315 e. The molecule has 1 saturated heterocycles. The van der Waals surface area contributed by atoms with Crippen molar-refractivity contribution in [3.05, 3.63) is 11.9 Å². The van der Waals surface area contributed by atoms with Gasteiger partial charge in [-0.05, 0) is 58.3 Å². The van der Waals surface area contributed by atoms with Crippen molar-refractivity contribution in [1.82, 2.24) is 35.8 Å². The molecule has 4 rings (SSSR count). The third-order valence-corrected chi connectivity index (χ3v) is 9.04. The summed E-state index contributed by atoms with van der Waals surface area (Å²) in [6.45, 7) is 3.65. The molecule has 15 heteroatoms. The van der Waals surface area contributed by atoms with Crippen LogP contribution in [-0.2, 0) is 24.8 Å². The smallest absolute Gasteiger partial charge is 0.315 e. The van der Waals surface area contributed by atoms with Gasteiger partial charge in [0.1, 0.15) is 11.6 Å². The summed E-state index contributed by atoms with van der Waals surface area (Å²) in [6, 6.07) is -3.52. The average Bonchev–Trinajstić information content (AvgIpc) is 3.46. The Kier molecular flexibility index (Phi) is 11.5. The number of primary amides is 1. The Labute approximate surface area is 263 Å². The van der Waals surface area contributed by atoms with Crippen molar-refractivity contribution in [3.63, 3.8) is 0 Å². The molecule has 5 amide bonds. The Hall–Kier alpha value is -3.59. The molecule has 15 nitrogen and oxygen atoms in total. The highest BCUT2D eigenvalue weighted by molar-refractivity contribution is 6.37. The van der Waals surface area contributed by atoms with E-state index in [0.717, 1.165) is 38.5 Å². The molecule has 2 unspecified atom stereocenters. The molecule has 45 heavy (non-hydrogen) atoms. The Bertz CT molecular complexity index is 1220. The summed E-state index contributed by atoms with van der Waals surface area (Å²) in [4.78, 5) is 65.4. The van der Waals surface area contributed by atoms with Crippen molar-refractivity contribution < 1.29 is 29.1 Å². The molecular formula is C30H49N9O6. The Morgan fingerprint density at radius 3 is 2.44 bits per heavy atom. The second-order valence-electron chi connectivity index (χ2n) is 13.3. The van der Waals surface area contributed by atoms with Crippen LogP contribution in [0, 0.1) is 5.92 Å². The van der Waals surface area contributed by atoms with Crippen molar-refractivity contribution in [2.75, 3.05) is 13.1 Å². The van der Waals surface area contributed by atoms with Crippen LogP contribution in [0.25, 0.3) is 0 Å². The zero-order valence-electron chi connectivity index (χ0n) is 26.4. The van der Waals surface area contributed by atoms with Gasteiger partial charge in [-0.1, -0.05) is 37.3 Å². The lowest BCUT2D eigenvalue weighted by atomic mass is 9.84. The van der Waals surface area contributed by atoms with E-state index >= 15 is 0 Å². The SMILES string of the molecule is CC(C)(O)c1cnnn1[C@H]1C[C@@H](C(=O)NC(CCCCNC(=O)NC2CC2)C(=O)C(N)=O)N(C(=O)C(N)CC2CCCCC2)C1. The first-order chi connectivity index (χ1) is 21.3. The molecule has 0 radical (unpaired) electrons. The van der Waals surface area contributed by atoms with Crippen LogP contribution < -0.4 is 27.4 Å². The first-order valence-corrected chi connectivity index (χ1v) is 16.2. The van der Waals surface area contributed by atoms with E-state index < -0.39 is 47.4 Å². The second-order valence-corrected chi connectivity index (χ2v) is 13.3. The van der Waals surface area contributed by atoms with Crippen molar-refractivity contribution in [3.8, 4) is 0 Å². The number of carbonyl (C=O) groups is 5. The molecule has 1 aliphatic heterocycles. The first kappa shape index (κ1) is 34.3. The van der Waals surface area contributed by atoms with Crippen LogP contribution in [-0.4, -0.2) is 91.8 Å². The molecule has 0 spiro atoms. The number of hydrogen-bond acceptors (Lipinski definition) is 9. The fraction of sp³-hybridized carbons (Fsp3) is 0.767. The summed E-state index contributed by atoms with van der Waals surface area (Å²) in [5.74, 6) is -2.76. The number of aromatic nitrogens is 3. The molecule has 0 bridgehead atoms. The minimum atomic E-state index is -1.28. The summed E-state index contributed by atoms with van der Waals surface area (Å²) < 4.78 is 1.53. The van der Waals surface area contributed by atoms with Gasteiger partial charge in [0, 0.05) is 25.6 Å². The van der Waals surface area contributed by atoms with E-state index in [0.29, 0.717) is 37.4 Å². The maximum absolute atomic E-state index is 13.8. The number of urea groups is 1. The number of Topliss-reactive ketones (excluding diaryl/α,β-unsaturated/α-hetero) is 1. The Morgan fingerprint density at radius 1 is 1.09 bits per heavy atom. The minimum absolute atomic E-state index is 0.102. The zero-order valence-corrected chi connectivity index (χ0v) is 26.4. The number of nitrogens with two attached hydrogens (primary N) is 2. The van der Waals surface area contributed by atoms with Gasteiger partial charge in [0.25, 0.3) is 5.91 Å². The highest BCUT2D eigenvalue weighted by Crippen LogP contribution is 2.33. The van der Waals surface area contributed by atoms with E-state index in [1.54, 1.807) is 13.8 Å². The fourth-order valence-electron chi connectivity index (χ4n) is 6.38. The van der Waals surface area contributed by atoms with Crippen LogP contribution in [0.2, 0.25) is 0 Å². The molecule has 3 aliphatic rings. The van der Waals surface area contributed by atoms with Crippen LogP contribution in [0.15, 0.2) is 6.20 Å². The first-order valence-electron chi connectivity index (χ1n) is 16.2. The van der Waals surface area contributed by atoms with Crippen LogP contribution in [0.1, 0.15) is 103 Å². The predicted octanol–water partition coefficient (Wildman–Crippen LogP) is 0.116. The van der Waals surface area contributed by atoms with Gasteiger partial charge < -0.3 is 37.4 Å². The number of rotatable bonds is 15. The van der Waals surface area contributed by atoms with E-state index in [9.17, 15) is 29.1 Å². The molecule has 2 saturated carbocycles. The highest BCUT2D eigenvalue weighted by Gasteiger charge is 2.44. The molecule has 8 N–H and O–H groups in total. The molecule has 0 aromatic carbocycles. The van der Waals surface area contributed by atoms with Crippen molar-refractivity contribution >= 4 is 29.5 Å². The van der Waals surface area contributed by atoms with Gasteiger partial charge in [-0.2, -0.15) is 0 Å². The quantitative estimate of drug-likeness (QED) is 0.114. The molecule has 3 fully saturated rings. The van der Waals surface area contributed by atoms with Gasteiger partial charge in [-0.3, -0.25) is 19.2 Å². The highest BCUT2D eigenvalue weighted by atomic mass is 16.3. The Morgan fingerprint density at radius 2 is 1.80 bits per heavy atom. The monoisotopic (exact) mass is 631 g/mol. The van der Waals surface area contributed by atoms with Crippen molar-refractivity contribution in [1.29, 1.82) is 0 Å². The summed E-state index contributed by atoms with van der Waals surface area (Å²) >= 11 is 0. The number of hydrogen-bond donors (Lipinski definition) is 6. The summed E-state index contributed by atoms with van der Waals surface area (Å²) in [5, 5.41) is 27.0. The number of unbranched alkanes of at least 4 members (excludes halogenated alkanes) is 1. The van der Waals surface area contributed by atoms with E-state index in [1.165, 1.54) is 22.2 Å². The van der Waals surface area contributed by atoms with Gasteiger partial charge in [0.2, 0.25) is 17.6 Å². The van der Waals surface area contributed by atoms with Crippen molar-refractivity contribution in [2.45, 2.75) is 127 Å². The number of nitrogens with zero attached hydrogens (tertiary/aromatic N) is 4. The number of carbonyl (C=O) groups excluding carboxylic acids is 5. The molecule has 4 atom stereocenters. The molecule has 1 aromatic heterocycles. The van der Waals surface area contributed by atoms with Crippen LogP contribution in [0.3, 0.4) is 0 Å². The minimum Gasteiger partial charge on any atom is -0.384 e. The lowest BCUT2D eigenvalue weighted by molar-refractivity contribution is -0.142.